The van der Waals surface area contributed by atoms with Crippen molar-refractivity contribution in [2.45, 2.75) is 203 Å². The summed E-state index contributed by atoms with van der Waals surface area (Å²) in [6.07, 6.45) is 39.7. The van der Waals surface area contributed by atoms with Gasteiger partial charge >= 0.3 is 184 Å². The van der Waals surface area contributed by atoms with Gasteiger partial charge in [0.1, 0.15) is 0 Å². The summed E-state index contributed by atoms with van der Waals surface area (Å²) in [5.41, 5.74) is 0. The standard InChI is InChI=1S/C32H66Cl2Te/c1-3-5-7-9-11-13-15-17-19-21-23-25-27-29-31-35(33,34)32-30-28-26-24-22-20-18-16-14-12-10-8-6-4-2/h3-32H2,1-2H3. The van der Waals surface area contributed by atoms with Crippen LogP contribution >= 0.6 is 17.9 Å². The van der Waals surface area contributed by atoms with E-state index in [-0.39, 0.29) is 0 Å². The Morgan fingerprint density at radius 2 is 0.457 bits per heavy atom. The number of unbranched alkanes of at least 4 members (excludes halogenated alkanes) is 26. The summed E-state index contributed by atoms with van der Waals surface area (Å²) < 4.78 is 2.34. The number of hydrogen-bond donors (Lipinski definition) is 0. The molecule has 0 aliphatic heterocycles. The zero-order chi connectivity index (χ0) is 25.7. The molecule has 0 aliphatic carbocycles. The first kappa shape index (κ1) is 36.4. The molecule has 0 rings (SSSR count). The summed E-state index contributed by atoms with van der Waals surface area (Å²) in [4.78, 5) is 0. The van der Waals surface area contributed by atoms with E-state index in [2.05, 4.69) is 13.8 Å². The molecule has 35 heavy (non-hydrogen) atoms. The van der Waals surface area contributed by atoms with Crippen LogP contribution in [0.25, 0.3) is 0 Å². The molecule has 0 amide bonds. The van der Waals surface area contributed by atoms with Crippen molar-refractivity contribution in [2.24, 2.45) is 0 Å². The molecule has 0 spiro atoms. The molecule has 0 saturated carbocycles. The van der Waals surface area contributed by atoms with Gasteiger partial charge in [-0.2, -0.15) is 0 Å². The Morgan fingerprint density at radius 3 is 0.657 bits per heavy atom. The van der Waals surface area contributed by atoms with Crippen LogP contribution in [-0.2, 0) is 0 Å². The molecule has 0 aromatic rings. The predicted octanol–water partition coefficient (Wildman–Crippen LogP) is 13.9. The van der Waals surface area contributed by atoms with Crippen LogP contribution in [0.3, 0.4) is 0 Å². The van der Waals surface area contributed by atoms with Gasteiger partial charge in [0, 0.05) is 0 Å². The molecule has 0 N–H and O–H groups in total. The molecule has 0 aromatic heterocycles. The van der Waals surface area contributed by atoms with Gasteiger partial charge in [-0.05, 0) is 0 Å². The topological polar surface area (TPSA) is 0 Å². The third-order valence-corrected chi connectivity index (χ3v) is 16.8. The SMILES string of the molecule is CCCCCCCCCCCCCCCC[Te](Cl)(Cl)CCCCCCCCCCCCCCCC. The second kappa shape index (κ2) is 29.9. The summed E-state index contributed by atoms with van der Waals surface area (Å²) in [5, 5.41) is 0. The molecular formula is C32H66Cl2Te. The Bertz CT molecular complexity index is 352. The molecule has 3 heteroatoms. The van der Waals surface area contributed by atoms with E-state index in [0.717, 1.165) is 0 Å². The van der Waals surface area contributed by atoms with E-state index in [0.29, 0.717) is 0 Å². The quantitative estimate of drug-likeness (QED) is 0.0537. The molecule has 0 fully saturated rings. The second-order valence-electron chi connectivity index (χ2n) is 11.3. The van der Waals surface area contributed by atoms with E-state index >= 15 is 0 Å². The minimum atomic E-state index is -2.51. The van der Waals surface area contributed by atoms with Crippen LogP contribution in [0.4, 0.5) is 0 Å². The second-order valence-corrected chi connectivity index (χ2v) is 26.6. The summed E-state index contributed by atoms with van der Waals surface area (Å²) in [6, 6.07) is 0. The van der Waals surface area contributed by atoms with Crippen LogP contribution in [-0.4, -0.2) is 15.9 Å². The minimum absolute atomic E-state index is 1.17. The molecule has 0 bridgehead atoms. The fraction of sp³-hybridized carbons (Fsp3) is 1.00. The van der Waals surface area contributed by atoms with E-state index in [4.69, 9.17) is 17.9 Å². The zero-order valence-electron chi connectivity index (χ0n) is 24.4. The van der Waals surface area contributed by atoms with E-state index in [9.17, 15) is 0 Å². The molecule has 0 heterocycles. The van der Waals surface area contributed by atoms with Crippen LogP contribution in [0.1, 0.15) is 194 Å². The fourth-order valence-corrected chi connectivity index (χ4v) is 12.2. The molecule has 0 nitrogen and oxygen atoms in total. The van der Waals surface area contributed by atoms with Crippen molar-refractivity contribution in [3.63, 3.8) is 0 Å². The number of hydrogen-bond acceptors (Lipinski definition) is 0. The number of rotatable bonds is 30. The average molecular weight is 649 g/mol. The molecule has 0 aliphatic rings. The van der Waals surface area contributed by atoms with Gasteiger partial charge in [-0.25, -0.2) is 0 Å². The summed E-state index contributed by atoms with van der Waals surface area (Å²) >= 11 is -2.51. The van der Waals surface area contributed by atoms with E-state index in [1.54, 1.807) is 0 Å². The fourth-order valence-electron chi connectivity index (χ4n) is 5.12. The van der Waals surface area contributed by atoms with Gasteiger partial charge < -0.3 is 0 Å². The van der Waals surface area contributed by atoms with Crippen molar-refractivity contribution in [3.8, 4) is 0 Å². The van der Waals surface area contributed by atoms with Gasteiger partial charge in [0.2, 0.25) is 0 Å². The Morgan fingerprint density at radius 1 is 0.286 bits per heavy atom. The first-order chi connectivity index (χ1) is 17.1. The third-order valence-electron chi connectivity index (χ3n) is 7.59. The average Bonchev–Trinajstić information content (AvgIpc) is 2.84. The van der Waals surface area contributed by atoms with Crippen molar-refractivity contribution in [1.29, 1.82) is 0 Å². The van der Waals surface area contributed by atoms with E-state index in [1.165, 1.54) is 189 Å². The molecule has 0 aromatic carbocycles. The zero-order valence-corrected chi connectivity index (χ0v) is 28.2. The van der Waals surface area contributed by atoms with Crippen molar-refractivity contribution in [1.82, 2.24) is 0 Å². The Balaban J connectivity index is 3.28. The molecular weight excluding hydrogens is 583 g/mol. The van der Waals surface area contributed by atoms with Crippen LogP contribution in [0.2, 0.25) is 8.94 Å². The number of halogens is 2. The van der Waals surface area contributed by atoms with Crippen LogP contribution in [0, 0.1) is 0 Å². The Kier molecular flexibility index (Phi) is 31.1. The van der Waals surface area contributed by atoms with Crippen molar-refractivity contribution >= 4 is 33.9 Å². The van der Waals surface area contributed by atoms with E-state index < -0.39 is 15.9 Å². The predicted molar refractivity (Wildman–Crippen MR) is 168 cm³/mol. The first-order valence-corrected chi connectivity index (χ1v) is 25.5. The molecule has 0 radical (unpaired) electrons. The monoisotopic (exact) mass is 650 g/mol. The smallest absolute Gasteiger partial charge is 0.0654 e. The van der Waals surface area contributed by atoms with Gasteiger partial charge in [0.25, 0.3) is 0 Å². The Hall–Kier alpha value is 1.37. The van der Waals surface area contributed by atoms with Gasteiger partial charge in [0.15, 0.2) is 0 Å². The molecule has 0 unspecified atom stereocenters. The maximum absolute atomic E-state index is 6.79. The molecule has 0 saturated heterocycles. The normalized spacial score (nSPS) is 12.5. The first-order valence-electron chi connectivity index (χ1n) is 16.3. The van der Waals surface area contributed by atoms with Gasteiger partial charge in [-0.15, -0.1) is 0 Å². The maximum atomic E-state index is 6.79. The van der Waals surface area contributed by atoms with Gasteiger partial charge in [0.05, 0.1) is 0 Å². The Labute approximate surface area is 235 Å². The summed E-state index contributed by atoms with van der Waals surface area (Å²) in [7, 11) is 13.6. The summed E-state index contributed by atoms with van der Waals surface area (Å²) in [6.45, 7) is 4.60. The van der Waals surface area contributed by atoms with Crippen LogP contribution in [0.5, 0.6) is 0 Å². The van der Waals surface area contributed by atoms with Gasteiger partial charge in [-0.3, -0.25) is 0 Å². The molecule has 214 valence electrons. The summed E-state index contributed by atoms with van der Waals surface area (Å²) in [5.74, 6) is 0. The van der Waals surface area contributed by atoms with Gasteiger partial charge in [-0.1, -0.05) is 52.4 Å². The minimum Gasteiger partial charge on any atom is -0.0654 e. The van der Waals surface area contributed by atoms with Crippen molar-refractivity contribution in [2.75, 3.05) is 0 Å². The van der Waals surface area contributed by atoms with Crippen LogP contribution < -0.4 is 0 Å². The third kappa shape index (κ3) is 31.5. The van der Waals surface area contributed by atoms with Crippen molar-refractivity contribution in [3.05, 3.63) is 0 Å². The van der Waals surface area contributed by atoms with E-state index in [1.807, 2.05) is 0 Å². The molecule has 0 atom stereocenters. The van der Waals surface area contributed by atoms with Crippen LogP contribution in [0.15, 0.2) is 0 Å². The van der Waals surface area contributed by atoms with Crippen molar-refractivity contribution < 1.29 is 0 Å².